The number of carbonyl (C=O) groups is 1. The summed E-state index contributed by atoms with van der Waals surface area (Å²) in [6.45, 7) is 4.10. The fraction of sp³-hybridized carbons (Fsp3) is 0.107. The number of urea groups is 1. The summed E-state index contributed by atoms with van der Waals surface area (Å²) < 4.78 is 0. The van der Waals surface area contributed by atoms with Crippen molar-refractivity contribution in [1.82, 2.24) is 0 Å². The molecule has 4 aromatic rings. The Labute approximate surface area is 189 Å². The summed E-state index contributed by atoms with van der Waals surface area (Å²) in [5.41, 5.74) is 8.50. The maximum Gasteiger partial charge on any atom is 0.323 e. The van der Waals surface area contributed by atoms with Crippen LogP contribution in [0.2, 0.25) is 0 Å². The number of nitrogens with one attached hydrogen (secondary N) is 3. The average Bonchev–Trinajstić information content (AvgIpc) is 2.79. The van der Waals surface area contributed by atoms with E-state index in [-0.39, 0.29) is 6.03 Å². The third kappa shape index (κ3) is 5.99. The minimum absolute atomic E-state index is 0.252. The van der Waals surface area contributed by atoms with Crippen LogP contribution in [-0.2, 0) is 6.42 Å². The number of hydrogen-bond donors (Lipinski definition) is 3. The molecule has 4 rings (SSSR count). The topological polar surface area (TPSA) is 53.2 Å². The average molecular weight is 422 g/mol. The number of aryl methyl sites for hydroxylation is 2. The third-order valence-corrected chi connectivity index (χ3v) is 5.22. The zero-order chi connectivity index (χ0) is 22.3. The molecule has 0 aliphatic heterocycles. The summed E-state index contributed by atoms with van der Waals surface area (Å²) in [7, 11) is 0. The molecule has 4 heteroatoms. The van der Waals surface area contributed by atoms with E-state index in [4.69, 9.17) is 0 Å². The second-order valence-corrected chi connectivity index (χ2v) is 8.01. The minimum Gasteiger partial charge on any atom is -0.356 e. The van der Waals surface area contributed by atoms with E-state index < -0.39 is 0 Å². The summed E-state index contributed by atoms with van der Waals surface area (Å²) >= 11 is 0. The van der Waals surface area contributed by atoms with Crippen LogP contribution in [0.25, 0.3) is 0 Å². The van der Waals surface area contributed by atoms with Gasteiger partial charge in [-0.25, -0.2) is 4.79 Å². The van der Waals surface area contributed by atoms with E-state index in [0.29, 0.717) is 0 Å². The lowest BCUT2D eigenvalue weighted by Crippen LogP contribution is -2.19. The summed E-state index contributed by atoms with van der Waals surface area (Å²) in [4.78, 5) is 12.2. The first-order valence-electron chi connectivity index (χ1n) is 10.7. The SMILES string of the molecule is Cc1ccc(NC(=O)Nc2ccc(Cc3ccc(Nc4ccc(C)cc4)cc3)cc2)cc1. The van der Waals surface area contributed by atoms with E-state index in [1.54, 1.807) is 0 Å². The quantitative estimate of drug-likeness (QED) is 0.306. The molecule has 0 aromatic heterocycles. The first kappa shape index (κ1) is 21.2. The molecular weight excluding hydrogens is 394 g/mol. The van der Waals surface area contributed by atoms with Crippen molar-refractivity contribution < 1.29 is 4.79 Å². The van der Waals surface area contributed by atoms with Gasteiger partial charge in [0.05, 0.1) is 0 Å². The highest BCUT2D eigenvalue weighted by atomic mass is 16.2. The molecule has 3 N–H and O–H groups in total. The second kappa shape index (κ2) is 9.84. The van der Waals surface area contributed by atoms with Crippen LogP contribution in [0.3, 0.4) is 0 Å². The molecule has 0 saturated heterocycles. The van der Waals surface area contributed by atoms with Gasteiger partial charge in [0.15, 0.2) is 0 Å². The maximum absolute atomic E-state index is 12.2. The van der Waals surface area contributed by atoms with Crippen molar-refractivity contribution in [2.45, 2.75) is 20.3 Å². The summed E-state index contributed by atoms with van der Waals surface area (Å²) in [5.74, 6) is 0. The Morgan fingerprint density at radius 2 is 0.875 bits per heavy atom. The molecule has 0 atom stereocenters. The Hall–Kier alpha value is -4.05. The molecule has 32 heavy (non-hydrogen) atoms. The van der Waals surface area contributed by atoms with Crippen LogP contribution in [-0.4, -0.2) is 6.03 Å². The van der Waals surface area contributed by atoms with E-state index in [1.165, 1.54) is 16.7 Å². The standard InChI is InChI=1S/C28H27N3O/c1-20-3-11-24(12-4-20)29-25-15-7-22(8-16-25)19-23-9-17-27(18-10-23)31-28(32)30-26-13-5-21(2)6-14-26/h3-18,29H,19H2,1-2H3,(H2,30,31,32). The van der Waals surface area contributed by atoms with Gasteiger partial charge in [-0.3, -0.25) is 0 Å². The van der Waals surface area contributed by atoms with Gasteiger partial charge in [-0.15, -0.1) is 0 Å². The fourth-order valence-corrected chi connectivity index (χ4v) is 3.38. The van der Waals surface area contributed by atoms with Crippen LogP contribution in [0, 0.1) is 13.8 Å². The molecule has 0 spiro atoms. The highest BCUT2D eigenvalue weighted by Gasteiger charge is 2.04. The molecule has 0 fully saturated rings. The number of amides is 2. The molecule has 0 radical (unpaired) electrons. The number of hydrogen-bond acceptors (Lipinski definition) is 2. The van der Waals surface area contributed by atoms with E-state index in [2.05, 4.69) is 71.4 Å². The van der Waals surface area contributed by atoms with Gasteiger partial charge in [-0.1, -0.05) is 59.7 Å². The largest absolute Gasteiger partial charge is 0.356 e. The first-order valence-corrected chi connectivity index (χ1v) is 10.7. The first-order chi connectivity index (χ1) is 15.5. The number of rotatable bonds is 6. The van der Waals surface area contributed by atoms with Crippen LogP contribution < -0.4 is 16.0 Å². The lowest BCUT2D eigenvalue weighted by molar-refractivity contribution is 0.262. The monoisotopic (exact) mass is 421 g/mol. The normalized spacial score (nSPS) is 10.4. The predicted octanol–water partition coefficient (Wildman–Crippen LogP) is 7.28. The van der Waals surface area contributed by atoms with Crippen molar-refractivity contribution in [3.63, 3.8) is 0 Å². The molecular formula is C28H27N3O. The van der Waals surface area contributed by atoms with Gasteiger partial charge >= 0.3 is 6.03 Å². The van der Waals surface area contributed by atoms with Crippen molar-refractivity contribution in [3.8, 4) is 0 Å². The maximum atomic E-state index is 12.2. The van der Waals surface area contributed by atoms with Crippen LogP contribution in [0.4, 0.5) is 27.5 Å². The van der Waals surface area contributed by atoms with Crippen LogP contribution in [0.15, 0.2) is 97.1 Å². The van der Waals surface area contributed by atoms with Gasteiger partial charge in [-0.2, -0.15) is 0 Å². The Balaban J connectivity index is 1.30. The van der Waals surface area contributed by atoms with Crippen LogP contribution in [0.5, 0.6) is 0 Å². The van der Waals surface area contributed by atoms with Crippen molar-refractivity contribution in [2.75, 3.05) is 16.0 Å². The van der Waals surface area contributed by atoms with Gasteiger partial charge in [0.1, 0.15) is 0 Å². The zero-order valence-electron chi connectivity index (χ0n) is 18.4. The highest BCUT2D eigenvalue weighted by Crippen LogP contribution is 2.20. The van der Waals surface area contributed by atoms with Crippen molar-refractivity contribution in [3.05, 3.63) is 119 Å². The van der Waals surface area contributed by atoms with Gasteiger partial charge in [0, 0.05) is 22.7 Å². The molecule has 2 amide bonds. The zero-order valence-corrected chi connectivity index (χ0v) is 18.4. The Morgan fingerprint density at radius 1 is 0.531 bits per heavy atom. The van der Waals surface area contributed by atoms with E-state index in [1.807, 2.05) is 55.5 Å². The van der Waals surface area contributed by atoms with E-state index in [9.17, 15) is 4.79 Å². The summed E-state index contributed by atoms with van der Waals surface area (Å²) in [6.07, 6.45) is 0.834. The molecule has 0 unspecified atom stereocenters. The van der Waals surface area contributed by atoms with E-state index in [0.717, 1.165) is 34.7 Å². The molecule has 0 heterocycles. The fourth-order valence-electron chi connectivity index (χ4n) is 3.38. The van der Waals surface area contributed by atoms with Gasteiger partial charge < -0.3 is 16.0 Å². The molecule has 4 aromatic carbocycles. The Morgan fingerprint density at radius 3 is 1.31 bits per heavy atom. The Bertz CT molecular complexity index is 1160. The van der Waals surface area contributed by atoms with Gasteiger partial charge in [0.2, 0.25) is 0 Å². The second-order valence-electron chi connectivity index (χ2n) is 8.01. The highest BCUT2D eigenvalue weighted by molar-refractivity contribution is 5.99. The van der Waals surface area contributed by atoms with Crippen molar-refractivity contribution in [2.24, 2.45) is 0 Å². The predicted molar refractivity (Wildman–Crippen MR) is 134 cm³/mol. The molecule has 0 aliphatic rings. The summed E-state index contributed by atoms with van der Waals surface area (Å²) in [6, 6.07) is 32.2. The minimum atomic E-state index is -0.252. The van der Waals surface area contributed by atoms with Gasteiger partial charge in [-0.05, 0) is 79.9 Å². The molecule has 160 valence electrons. The van der Waals surface area contributed by atoms with Crippen LogP contribution >= 0.6 is 0 Å². The number of anilines is 4. The molecule has 0 bridgehead atoms. The Kier molecular flexibility index (Phi) is 6.52. The number of benzene rings is 4. The van der Waals surface area contributed by atoms with Crippen LogP contribution in [0.1, 0.15) is 22.3 Å². The number of carbonyl (C=O) groups excluding carboxylic acids is 1. The third-order valence-electron chi connectivity index (χ3n) is 5.22. The van der Waals surface area contributed by atoms with Crippen molar-refractivity contribution >= 4 is 28.8 Å². The molecule has 4 nitrogen and oxygen atoms in total. The smallest absolute Gasteiger partial charge is 0.323 e. The van der Waals surface area contributed by atoms with E-state index >= 15 is 0 Å². The lowest BCUT2D eigenvalue weighted by atomic mass is 10.0. The molecule has 0 saturated carbocycles. The van der Waals surface area contributed by atoms with Gasteiger partial charge in [0.25, 0.3) is 0 Å². The molecule has 0 aliphatic carbocycles. The summed E-state index contributed by atoms with van der Waals surface area (Å²) in [5, 5.41) is 9.13. The van der Waals surface area contributed by atoms with Crippen molar-refractivity contribution in [1.29, 1.82) is 0 Å². The lowest BCUT2D eigenvalue weighted by Gasteiger charge is -2.10.